The molecule has 0 amide bonds. The summed E-state index contributed by atoms with van der Waals surface area (Å²) in [6, 6.07) is 0. The molecule has 0 unspecified atom stereocenters. The number of nitrogens with zero attached hydrogens (tertiary/aromatic N) is 1. The fraction of sp³-hybridized carbons (Fsp3) is 1.00. The van der Waals surface area contributed by atoms with Crippen molar-refractivity contribution in [1.29, 1.82) is 0 Å². The lowest BCUT2D eigenvalue weighted by Crippen LogP contribution is -2.30. The van der Waals surface area contributed by atoms with E-state index in [2.05, 4.69) is 18.7 Å². The van der Waals surface area contributed by atoms with Gasteiger partial charge in [-0.15, -0.1) is 0 Å². The van der Waals surface area contributed by atoms with Crippen LogP contribution >= 0.6 is 0 Å². The summed E-state index contributed by atoms with van der Waals surface area (Å²) in [7, 11) is 0. The highest BCUT2D eigenvalue weighted by molar-refractivity contribution is 4.65. The molecule has 0 N–H and O–H groups in total. The van der Waals surface area contributed by atoms with E-state index in [1.165, 1.54) is 45.1 Å². The Hall–Kier alpha value is -0.0800. The van der Waals surface area contributed by atoms with Crippen molar-refractivity contribution in [3.8, 4) is 0 Å². The fourth-order valence-corrected chi connectivity index (χ4v) is 2.32. The summed E-state index contributed by atoms with van der Waals surface area (Å²) in [5, 5.41) is 0. The first kappa shape index (κ1) is 13.0. The molecule has 15 heavy (non-hydrogen) atoms. The minimum absolute atomic E-state index is 0.569. The van der Waals surface area contributed by atoms with E-state index in [4.69, 9.17) is 4.74 Å². The molecule has 0 heterocycles. The minimum Gasteiger partial charge on any atom is -0.377 e. The van der Waals surface area contributed by atoms with Crippen LogP contribution in [0.1, 0.15) is 52.4 Å². The summed E-state index contributed by atoms with van der Waals surface area (Å²) >= 11 is 0. The van der Waals surface area contributed by atoms with Gasteiger partial charge in [-0.25, -0.2) is 0 Å². The van der Waals surface area contributed by atoms with Crippen LogP contribution in [0, 0.1) is 0 Å². The summed E-state index contributed by atoms with van der Waals surface area (Å²) < 4.78 is 5.92. The van der Waals surface area contributed by atoms with E-state index in [9.17, 15) is 0 Å². The van der Waals surface area contributed by atoms with E-state index in [1.807, 2.05) is 0 Å². The molecule has 0 bridgehead atoms. The molecule has 2 heteroatoms. The van der Waals surface area contributed by atoms with Crippen molar-refractivity contribution >= 4 is 0 Å². The molecule has 0 aliphatic heterocycles. The first-order valence-electron chi connectivity index (χ1n) is 6.70. The van der Waals surface area contributed by atoms with E-state index in [0.717, 1.165) is 19.7 Å². The van der Waals surface area contributed by atoms with Gasteiger partial charge in [0.05, 0.1) is 12.7 Å². The van der Waals surface area contributed by atoms with Crippen LogP contribution in [0.3, 0.4) is 0 Å². The maximum absolute atomic E-state index is 5.92. The lowest BCUT2D eigenvalue weighted by atomic mass is 9.98. The summed E-state index contributed by atoms with van der Waals surface area (Å²) in [4.78, 5) is 2.48. The van der Waals surface area contributed by atoms with Crippen LogP contribution in [0.25, 0.3) is 0 Å². The predicted octanol–water partition coefficient (Wildman–Crippen LogP) is 3.07. The molecule has 0 aromatic heterocycles. The lowest BCUT2D eigenvalue weighted by Gasteiger charge is -2.24. The maximum atomic E-state index is 5.92. The van der Waals surface area contributed by atoms with Crippen LogP contribution < -0.4 is 0 Å². The molecule has 1 rings (SSSR count). The Labute approximate surface area is 95.0 Å². The van der Waals surface area contributed by atoms with Crippen molar-refractivity contribution in [2.75, 3.05) is 26.2 Å². The van der Waals surface area contributed by atoms with Crippen molar-refractivity contribution in [2.45, 2.75) is 58.5 Å². The molecule has 1 aliphatic carbocycles. The Morgan fingerprint density at radius 2 is 1.80 bits per heavy atom. The van der Waals surface area contributed by atoms with Crippen LogP contribution in [-0.2, 0) is 4.74 Å². The van der Waals surface area contributed by atoms with Crippen molar-refractivity contribution in [3.63, 3.8) is 0 Å². The van der Waals surface area contributed by atoms with Crippen LogP contribution in [-0.4, -0.2) is 37.2 Å². The zero-order chi connectivity index (χ0) is 10.9. The fourth-order valence-electron chi connectivity index (χ4n) is 2.32. The normalized spacial score (nSPS) is 18.6. The number of hydrogen-bond donors (Lipinski definition) is 0. The van der Waals surface area contributed by atoms with Gasteiger partial charge >= 0.3 is 0 Å². The topological polar surface area (TPSA) is 12.5 Å². The summed E-state index contributed by atoms with van der Waals surface area (Å²) in [6.45, 7) is 8.88. The largest absolute Gasteiger partial charge is 0.377 e. The van der Waals surface area contributed by atoms with Crippen LogP contribution in [0.5, 0.6) is 0 Å². The van der Waals surface area contributed by atoms with Crippen molar-refractivity contribution in [2.24, 2.45) is 0 Å². The van der Waals surface area contributed by atoms with Crippen LogP contribution in [0.2, 0.25) is 0 Å². The second-order valence-corrected chi connectivity index (χ2v) is 4.57. The molecule has 2 nitrogen and oxygen atoms in total. The highest BCUT2D eigenvalue weighted by Crippen LogP contribution is 2.19. The third-order valence-corrected chi connectivity index (χ3v) is 3.30. The van der Waals surface area contributed by atoms with Crippen LogP contribution in [0.15, 0.2) is 0 Å². The van der Waals surface area contributed by atoms with E-state index in [1.54, 1.807) is 0 Å². The molecule has 90 valence electrons. The third kappa shape index (κ3) is 5.53. The number of rotatable bonds is 7. The quantitative estimate of drug-likeness (QED) is 0.644. The predicted molar refractivity (Wildman–Crippen MR) is 65.2 cm³/mol. The zero-order valence-electron chi connectivity index (χ0n) is 10.5. The standard InChI is InChI=1S/C13H27NO/c1-3-10-14(4-2)11-12-15-13-8-6-5-7-9-13/h13H,3-12H2,1-2H3. The van der Waals surface area contributed by atoms with Gasteiger partial charge in [-0.1, -0.05) is 33.1 Å². The van der Waals surface area contributed by atoms with Crippen LogP contribution in [0.4, 0.5) is 0 Å². The molecule has 1 aliphatic rings. The molecular formula is C13H27NO. The average molecular weight is 213 g/mol. The van der Waals surface area contributed by atoms with Gasteiger partial charge in [0.15, 0.2) is 0 Å². The lowest BCUT2D eigenvalue weighted by molar-refractivity contribution is 0.0168. The Morgan fingerprint density at radius 1 is 1.07 bits per heavy atom. The Balaban J connectivity index is 2.03. The van der Waals surface area contributed by atoms with E-state index in [-0.39, 0.29) is 0 Å². The van der Waals surface area contributed by atoms with Crippen molar-refractivity contribution in [1.82, 2.24) is 4.90 Å². The SMILES string of the molecule is CCCN(CC)CCOC1CCCCC1. The zero-order valence-corrected chi connectivity index (χ0v) is 10.5. The van der Waals surface area contributed by atoms with E-state index in [0.29, 0.717) is 6.10 Å². The summed E-state index contributed by atoms with van der Waals surface area (Å²) in [5.74, 6) is 0. The molecule has 1 saturated carbocycles. The summed E-state index contributed by atoms with van der Waals surface area (Å²) in [6.07, 6.45) is 8.56. The second kappa shape index (κ2) is 8.12. The van der Waals surface area contributed by atoms with Gasteiger partial charge in [0.1, 0.15) is 0 Å². The second-order valence-electron chi connectivity index (χ2n) is 4.57. The van der Waals surface area contributed by atoms with Gasteiger partial charge in [-0.05, 0) is 32.4 Å². The van der Waals surface area contributed by atoms with E-state index < -0.39 is 0 Å². The Bertz CT molecular complexity index is 139. The van der Waals surface area contributed by atoms with E-state index >= 15 is 0 Å². The maximum Gasteiger partial charge on any atom is 0.0597 e. The van der Waals surface area contributed by atoms with Gasteiger partial charge in [0.2, 0.25) is 0 Å². The highest BCUT2D eigenvalue weighted by Gasteiger charge is 2.13. The van der Waals surface area contributed by atoms with Gasteiger partial charge in [-0.2, -0.15) is 0 Å². The Kier molecular flexibility index (Phi) is 7.03. The minimum atomic E-state index is 0.569. The molecule has 0 atom stereocenters. The summed E-state index contributed by atoms with van der Waals surface area (Å²) in [5.41, 5.74) is 0. The van der Waals surface area contributed by atoms with Gasteiger partial charge in [-0.3, -0.25) is 0 Å². The smallest absolute Gasteiger partial charge is 0.0597 e. The molecule has 1 fully saturated rings. The number of likely N-dealkylation sites (N-methyl/N-ethyl adjacent to an activating group) is 1. The highest BCUT2D eigenvalue weighted by atomic mass is 16.5. The average Bonchev–Trinajstić information content (AvgIpc) is 2.29. The van der Waals surface area contributed by atoms with Gasteiger partial charge in [0, 0.05) is 6.54 Å². The molecule has 0 aromatic rings. The molecule has 0 spiro atoms. The Morgan fingerprint density at radius 3 is 2.40 bits per heavy atom. The number of hydrogen-bond acceptors (Lipinski definition) is 2. The molecule has 0 aromatic carbocycles. The monoisotopic (exact) mass is 213 g/mol. The molecular weight excluding hydrogens is 186 g/mol. The van der Waals surface area contributed by atoms with Crippen molar-refractivity contribution < 1.29 is 4.74 Å². The third-order valence-electron chi connectivity index (χ3n) is 3.30. The molecule has 0 saturated heterocycles. The number of ether oxygens (including phenoxy) is 1. The van der Waals surface area contributed by atoms with Crippen molar-refractivity contribution in [3.05, 3.63) is 0 Å². The van der Waals surface area contributed by atoms with Gasteiger partial charge < -0.3 is 9.64 Å². The molecule has 0 radical (unpaired) electrons. The first-order valence-corrected chi connectivity index (χ1v) is 6.70. The van der Waals surface area contributed by atoms with Gasteiger partial charge in [0.25, 0.3) is 0 Å². The first-order chi connectivity index (χ1) is 7.36.